The molecule has 0 aliphatic rings. The van der Waals surface area contributed by atoms with Crippen LogP contribution in [0.4, 0.5) is 4.39 Å². The Balaban J connectivity index is 2.55. The lowest BCUT2D eigenvalue weighted by molar-refractivity contribution is 0.112. The molecule has 0 atom stereocenters. The summed E-state index contributed by atoms with van der Waals surface area (Å²) in [7, 11) is 3.06. The van der Waals surface area contributed by atoms with Crippen molar-refractivity contribution in [1.29, 1.82) is 0 Å². The molecule has 2 rings (SSSR count). The predicted octanol–water partition coefficient (Wildman–Crippen LogP) is 3.32. The highest BCUT2D eigenvalue weighted by Crippen LogP contribution is 2.34. The van der Waals surface area contributed by atoms with Gasteiger partial charge in [-0.25, -0.2) is 4.39 Å². The SMILES string of the molecule is COc1ccc(-c2ccc(C=O)cc2F)c(OC)c1. The minimum absolute atomic E-state index is 0.300. The van der Waals surface area contributed by atoms with Crippen molar-refractivity contribution >= 4 is 6.29 Å². The van der Waals surface area contributed by atoms with E-state index in [0.29, 0.717) is 34.5 Å². The van der Waals surface area contributed by atoms with Crippen molar-refractivity contribution in [3.8, 4) is 22.6 Å². The van der Waals surface area contributed by atoms with Crippen LogP contribution in [0.15, 0.2) is 36.4 Å². The lowest BCUT2D eigenvalue weighted by atomic mass is 10.0. The second-order valence-corrected chi connectivity index (χ2v) is 3.92. The van der Waals surface area contributed by atoms with E-state index in [1.165, 1.54) is 13.2 Å². The number of hydrogen-bond acceptors (Lipinski definition) is 3. The van der Waals surface area contributed by atoms with Crippen LogP contribution in [0, 0.1) is 5.82 Å². The molecule has 0 N–H and O–H groups in total. The molecular formula is C15H13FO3. The Morgan fingerprint density at radius 2 is 1.74 bits per heavy atom. The molecule has 0 radical (unpaired) electrons. The third-order valence-corrected chi connectivity index (χ3v) is 2.83. The zero-order valence-corrected chi connectivity index (χ0v) is 10.6. The Hall–Kier alpha value is -2.36. The monoisotopic (exact) mass is 260 g/mol. The number of hydrogen-bond donors (Lipinski definition) is 0. The molecule has 4 heteroatoms. The molecule has 19 heavy (non-hydrogen) atoms. The van der Waals surface area contributed by atoms with Gasteiger partial charge < -0.3 is 9.47 Å². The summed E-state index contributed by atoms with van der Waals surface area (Å²) in [5.74, 6) is 0.677. The third kappa shape index (κ3) is 2.57. The summed E-state index contributed by atoms with van der Waals surface area (Å²) in [6, 6.07) is 9.45. The average molecular weight is 260 g/mol. The van der Waals surface area contributed by atoms with Crippen molar-refractivity contribution in [2.24, 2.45) is 0 Å². The van der Waals surface area contributed by atoms with Crippen LogP contribution in [0.5, 0.6) is 11.5 Å². The first-order valence-corrected chi connectivity index (χ1v) is 5.66. The van der Waals surface area contributed by atoms with E-state index < -0.39 is 5.82 Å². The van der Waals surface area contributed by atoms with Gasteiger partial charge in [0.05, 0.1) is 14.2 Å². The standard InChI is InChI=1S/C15H13FO3/c1-18-11-4-6-13(15(8-11)19-2)12-5-3-10(9-17)7-14(12)16/h3-9H,1-2H3. The largest absolute Gasteiger partial charge is 0.497 e. The molecule has 0 amide bonds. The molecule has 0 heterocycles. The Labute approximate surface area is 110 Å². The molecule has 0 unspecified atom stereocenters. The van der Waals surface area contributed by atoms with Gasteiger partial charge in [0.2, 0.25) is 0 Å². The summed E-state index contributed by atoms with van der Waals surface area (Å²) in [5, 5.41) is 0. The second-order valence-electron chi connectivity index (χ2n) is 3.92. The first-order chi connectivity index (χ1) is 9.19. The number of benzene rings is 2. The van der Waals surface area contributed by atoms with Crippen LogP contribution >= 0.6 is 0 Å². The Morgan fingerprint density at radius 3 is 2.32 bits per heavy atom. The fourth-order valence-corrected chi connectivity index (χ4v) is 1.84. The Kier molecular flexibility index (Phi) is 3.80. The highest BCUT2D eigenvalue weighted by atomic mass is 19.1. The van der Waals surface area contributed by atoms with Crippen LogP contribution in [0.2, 0.25) is 0 Å². The van der Waals surface area contributed by atoms with Gasteiger partial charge in [0.1, 0.15) is 23.6 Å². The van der Waals surface area contributed by atoms with E-state index in [-0.39, 0.29) is 0 Å². The van der Waals surface area contributed by atoms with E-state index >= 15 is 0 Å². The van der Waals surface area contributed by atoms with Gasteiger partial charge in [0.25, 0.3) is 0 Å². The summed E-state index contributed by atoms with van der Waals surface area (Å²) in [5.41, 5.74) is 1.29. The molecule has 2 aromatic carbocycles. The summed E-state index contributed by atoms with van der Waals surface area (Å²) in [6.45, 7) is 0. The first kappa shape index (κ1) is 13.1. The second kappa shape index (κ2) is 5.52. The van der Waals surface area contributed by atoms with Gasteiger partial charge >= 0.3 is 0 Å². The molecule has 0 aliphatic heterocycles. The maximum Gasteiger partial charge on any atom is 0.150 e. The lowest BCUT2D eigenvalue weighted by Crippen LogP contribution is -1.93. The minimum atomic E-state index is -0.465. The smallest absolute Gasteiger partial charge is 0.150 e. The van der Waals surface area contributed by atoms with Crippen molar-refractivity contribution in [2.75, 3.05) is 14.2 Å². The van der Waals surface area contributed by atoms with E-state index in [4.69, 9.17) is 9.47 Å². The maximum atomic E-state index is 14.0. The molecule has 0 saturated carbocycles. The van der Waals surface area contributed by atoms with Crippen molar-refractivity contribution in [3.63, 3.8) is 0 Å². The van der Waals surface area contributed by atoms with E-state index in [1.54, 1.807) is 37.4 Å². The van der Waals surface area contributed by atoms with E-state index in [9.17, 15) is 9.18 Å². The number of aldehydes is 1. The van der Waals surface area contributed by atoms with Crippen molar-refractivity contribution in [3.05, 3.63) is 47.8 Å². The molecule has 0 aliphatic carbocycles. The van der Waals surface area contributed by atoms with Crippen LogP contribution in [0.1, 0.15) is 10.4 Å². The van der Waals surface area contributed by atoms with Gasteiger partial charge in [-0.05, 0) is 18.2 Å². The summed E-state index contributed by atoms with van der Waals surface area (Å²) >= 11 is 0. The predicted molar refractivity (Wildman–Crippen MR) is 70.3 cm³/mol. The van der Waals surface area contributed by atoms with Gasteiger partial charge in [-0.2, -0.15) is 0 Å². The molecule has 0 spiro atoms. The Morgan fingerprint density at radius 1 is 1.00 bits per heavy atom. The highest BCUT2D eigenvalue weighted by molar-refractivity contribution is 5.79. The zero-order valence-electron chi connectivity index (χ0n) is 10.6. The maximum absolute atomic E-state index is 14.0. The number of ether oxygens (including phenoxy) is 2. The summed E-state index contributed by atoms with van der Waals surface area (Å²) in [4.78, 5) is 10.6. The fraction of sp³-hybridized carbons (Fsp3) is 0.133. The number of methoxy groups -OCH3 is 2. The fourth-order valence-electron chi connectivity index (χ4n) is 1.84. The minimum Gasteiger partial charge on any atom is -0.497 e. The van der Waals surface area contributed by atoms with Crippen molar-refractivity contribution < 1.29 is 18.7 Å². The molecule has 0 saturated heterocycles. The van der Waals surface area contributed by atoms with Gasteiger partial charge in [0.15, 0.2) is 0 Å². The van der Waals surface area contributed by atoms with E-state index in [1.807, 2.05) is 0 Å². The normalized spacial score (nSPS) is 10.1. The highest BCUT2D eigenvalue weighted by Gasteiger charge is 2.12. The molecular weight excluding hydrogens is 247 g/mol. The lowest BCUT2D eigenvalue weighted by Gasteiger charge is -2.11. The Bertz CT molecular complexity index is 608. The average Bonchev–Trinajstić information content (AvgIpc) is 2.46. The van der Waals surface area contributed by atoms with Crippen LogP contribution in [-0.2, 0) is 0 Å². The van der Waals surface area contributed by atoms with Gasteiger partial charge in [0, 0.05) is 22.8 Å². The van der Waals surface area contributed by atoms with Crippen LogP contribution in [0.3, 0.4) is 0 Å². The topological polar surface area (TPSA) is 35.5 Å². The third-order valence-electron chi connectivity index (χ3n) is 2.83. The molecule has 0 bridgehead atoms. The molecule has 3 nitrogen and oxygen atoms in total. The molecule has 98 valence electrons. The van der Waals surface area contributed by atoms with Gasteiger partial charge in [-0.3, -0.25) is 4.79 Å². The molecule has 0 fully saturated rings. The molecule has 2 aromatic rings. The van der Waals surface area contributed by atoms with Gasteiger partial charge in [-0.1, -0.05) is 12.1 Å². The van der Waals surface area contributed by atoms with Crippen LogP contribution < -0.4 is 9.47 Å². The number of carbonyl (C=O) groups is 1. The van der Waals surface area contributed by atoms with E-state index in [2.05, 4.69) is 0 Å². The van der Waals surface area contributed by atoms with Gasteiger partial charge in [-0.15, -0.1) is 0 Å². The van der Waals surface area contributed by atoms with Crippen molar-refractivity contribution in [2.45, 2.75) is 0 Å². The molecule has 0 aromatic heterocycles. The van der Waals surface area contributed by atoms with Crippen LogP contribution in [0.25, 0.3) is 11.1 Å². The van der Waals surface area contributed by atoms with Crippen LogP contribution in [-0.4, -0.2) is 20.5 Å². The number of carbonyl (C=O) groups excluding carboxylic acids is 1. The van der Waals surface area contributed by atoms with E-state index in [0.717, 1.165) is 0 Å². The first-order valence-electron chi connectivity index (χ1n) is 5.66. The quantitative estimate of drug-likeness (QED) is 0.791. The summed E-state index contributed by atoms with van der Waals surface area (Å²) in [6.07, 6.45) is 0.609. The summed E-state index contributed by atoms with van der Waals surface area (Å²) < 4.78 is 24.3. The number of rotatable bonds is 4. The number of halogens is 1. The zero-order chi connectivity index (χ0) is 13.8. The van der Waals surface area contributed by atoms with Crippen molar-refractivity contribution in [1.82, 2.24) is 0 Å².